The van der Waals surface area contributed by atoms with Gasteiger partial charge in [-0.15, -0.1) is 0 Å². The molecule has 0 aliphatic carbocycles. The number of aromatic nitrogens is 2. The summed E-state index contributed by atoms with van der Waals surface area (Å²) in [5.41, 5.74) is 1.78. The van der Waals surface area contributed by atoms with Gasteiger partial charge in [0.1, 0.15) is 5.82 Å². The van der Waals surface area contributed by atoms with Gasteiger partial charge in [0, 0.05) is 11.4 Å². The minimum absolute atomic E-state index is 0.314. The van der Waals surface area contributed by atoms with Crippen molar-refractivity contribution in [2.75, 3.05) is 10.6 Å². The maximum absolute atomic E-state index is 13.0. The van der Waals surface area contributed by atoms with Crippen molar-refractivity contribution >= 4 is 28.4 Å². The Hall–Kier alpha value is -3.09. The summed E-state index contributed by atoms with van der Waals surface area (Å²) < 4.78 is 13.0. The first-order chi connectivity index (χ1) is 10.1. The molecule has 3 aromatic rings. The molecular weight excluding hydrogens is 275 g/mol. The minimum atomic E-state index is -0.502. The number of carbonyl (C=O) groups is 1. The van der Waals surface area contributed by atoms with Crippen molar-refractivity contribution in [1.29, 1.82) is 0 Å². The number of anilines is 2. The number of urea groups is 1. The zero-order chi connectivity index (χ0) is 14.8. The molecule has 7 heteroatoms. The lowest BCUT2D eigenvalue weighted by Gasteiger charge is -2.07. The number of amides is 2. The van der Waals surface area contributed by atoms with E-state index in [0.717, 1.165) is 0 Å². The van der Waals surface area contributed by atoms with Crippen molar-refractivity contribution < 1.29 is 9.18 Å². The Morgan fingerprint density at radius 3 is 2.43 bits per heavy atom. The Bertz CT molecular complexity index is 869. The van der Waals surface area contributed by atoms with E-state index in [-0.39, 0.29) is 5.69 Å². The van der Waals surface area contributed by atoms with Crippen LogP contribution >= 0.6 is 0 Å². The summed E-state index contributed by atoms with van der Waals surface area (Å²) in [6, 6.07) is 10.0. The number of H-pyrrole nitrogens is 2. The van der Waals surface area contributed by atoms with E-state index in [1.165, 1.54) is 18.2 Å². The van der Waals surface area contributed by atoms with Gasteiger partial charge in [0.2, 0.25) is 0 Å². The normalized spacial score (nSPS) is 10.5. The summed E-state index contributed by atoms with van der Waals surface area (Å²) in [4.78, 5) is 28.2. The molecule has 6 nitrogen and oxygen atoms in total. The van der Waals surface area contributed by atoms with Gasteiger partial charge in [-0.2, -0.15) is 0 Å². The second kappa shape index (κ2) is 5.12. The fraction of sp³-hybridized carbons (Fsp3) is 0. The van der Waals surface area contributed by atoms with Gasteiger partial charge >= 0.3 is 11.7 Å². The molecule has 0 aliphatic rings. The SMILES string of the molecule is O=C(Nc1cccc(F)c1)Nc1ccc2[nH]c(=O)[nH]c2c1. The van der Waals surface area contributed by atoms with Crippen molar-refractivity contribution in [1.82, 2.24) is 9.97 Å². The highest BCUT2D eigenvalue weighted by molar-refractivity contribution is 6.00. The number of hydrogen-bond donors (Lipinski definition) is 4. The molecule has 106 valence electrons. The maximum Gasteiger partial charge on any atom is 0.323 e. The summed E-state index contributed by atoms with van der Waals surface area (Å²) in [5.74, 6) is -0.431. The molecule has 1 aromatic heterocycles. The van der Waals surface area contributed by atoms with Gasteiger partial charge < -0.3 is 20.6 Å². The predicted octanol–water partition coefficient (Wildman–Crippen LogP) is 2.64. The molecule has 0 atom stereocenters. The average molecular weight is 286 g/mol. The van der Waals surface area contributed by atoms with E-state index in [4.69, 9.17) is 0 Å². The van der Waals surface area contributed by atoms with Gasteiger partial charge in [-0.25, -0.2) is 14.0 Å². The first-order valence-corrected chi connectivity index (χ1v) is 6.16. The zero-order valence-electron chi connectivity index (χ0n) is 10.7. The number of halogens is 1. The van der Waals surface area contributed by atoms with Crippen LogP contribution in [0.25, 0.3) is 11.0 Å². The molecule has 3 rings (SSSR count). The Morgan fingerprint density at radius 1 is 0.952 bits per heavy atom. The van der Waals surface area contributed by atoms with Crippen molar-refractivity contribution in [2.45, 2.75) is 0 Å². The van der Waals surface area contributed by atoms with Crippen LogP contribution in [-0.4, -0.2) is 16.0 Å². The molecule has 2 aromatic carbocycles. The van der Waals surface area contributed by atoms with Gasteiger partial charge in [0.15, 0.2) is 0 Å². The Balaban J connectivity index is 1.75. The summed E-state index contributed by atoms with van der Waals surface area (Å²) >= 11 is 0. The van der Waals surface area contributed by atoms with E-state index in [0.29, 0.717) is 22.4 Å². The summed E-state index contributed by atoms with van der Waals surface area (Å²) in [6.45, 7) is 0. The molecule has 21 heavy (non-hydrogen) atoms. The van der Waals surface area contributed by atoms with Gasteiger partial charge in [0.05, 0.1) is 11.0 Å². The molecule has 1 heterocycles. The van der Waals surface area contributed by atoms with E-state index in [9.17, 15) is 14.0 Å². The standard InChI is InChI=1S/C14H11FN4O2/c15-8-2-1-3-9(6-8)16-13(20)17-10-4-5-11-12(7-10)19-14(21)18-11/h1-7H,(H2,16,17,20)(H2,18,19,21). The number of rotatable bonds is 2. The maximum atomic E-state index is 13.0. The topological polar surface area (TPSA) is 89.8 Å². The third-order valence-electron chi connectivity index (χ3n) is 2.86. The number of carbonyl (C=O) groups excluding carboxylic acids is 1. The van der Waals surface area contributed by atoms with E-state index in [1.807, 2.05) is 0 Å². The van der Waals surface area contributed by atoms with Crippen molar-refractivity contribution in [3.8, 4) is 0 Å². The molecular formula is C14H11FN4O2. The summed E-state index contributed by atoms with van der Waals surface area (Å²) in [7, 11) is 0. The lowest BCUT2D eigenvalue weighted by molar-refractivity contribution is 0.262. The fourth-order valence-corrected chi connectivity index (χ4v) is 1.97. The molecule has 0 aliphatic heterocycles. The lowest BCUT2D eigenvalue weighted by atomic mass is 10.3. The molecule has 0 unspecified atom stereocenters. The van der Waals surface area contributed by atoms with E-state index in [1.54, 1.807) is 24.3 Å². The number of aromatic amines is 2. The van der Waals surface area contributed by atoms with Gasteiger partial charge in [0.25, 0.3) is 0 Å². The van der Waals surface area contributed by atoms with Crippen LogP contribution in [0.15, 0.2) is 47.3 Å². The van der Waals surface area contributed by atoms with Gasteiger partial charge in [-0.05, 0) is 36.4 Å². The largest absolute Gasteiger partial charge is 0.323 e. The molecule has 4 N–H and O–H groups in total. The van der Waals surface area contributed by atoms with Crippen LogP contribution in [0.3, 0.4) is 0 Å². The Kier molecular flexibility index (Phi) is 3.15. The third-order valence-corrected chi connectivity index (χ3v) is 2.86. The summed E-state index contributed by atoms with van der Waals surface area (Å²) in [6.07, 6.45) is 0. The van der Waals surface area contributed by atoms with Gasteiger partial charge in [-0.1, -0.05) is 6.07 Å². The Labute approximate surface area is 118 Å². The minimum Gasteiger partial charge on any atom is -0.308 e. The highest BCUT2D eigenvalue weighted by Crippen LogP contribution is 2.15. The number of imidazole rings is 1. The lowest BCUT2D eigenvalue weighted by Crippen LogP contribution is -2.19. The van der Waals surface area contributed by atoms with Crippen LogP contribution in [0.1, 0.15) is 0 Å². The summed E-state index contributed by atoms with van der Waals surface area (Å²) in [5, 5.41) is 5.12. The molecule has 0 saturated heterocycles. The van der Waals surface area contributed by atoms with E-state index < -0.39 is 11.8 Å². The van der Waals surface area contributed by atoms with Crippen LogP contribution in [0.5, 0.6) is 0 Å². The fourth-order valence-electron chi connectivity index (χ4n) is 1.97. The van der Waals surface area contributed by atoms with Crippen molar-refractivity contribution in [3.63, 3.8) is 0 Å². The monoisotopic (exact) mass is 286 g/mol. The second-order valence-electron chi connectivity index (χ2n) is 4.43. The first kappa shape index (κ1) is 12.9. The number of nitrogens with one attached hydrogen (secondary N) is 4. The molecule has 0 radical (unpaired) electrons. The van der Waals surface area contributed by atoms with Crippen LogP contribution in [-0.2, 0) is 0 Å². The number of benzene rings is 2. The van der Waals surface area contributed by atoms with Crippen molar-refractivity contribution in [3.05, 3.63) is 58.8 Å². The quantitative estimate of drug-likeness (QED) is 0.583. The van der Waals surface area contributed by atoms with Gasteiger partial charge in [-0.3, -0.25) is 0 Å². The average Bonchev–Trinajstić information content (AvgIpc) is 2.78. The van der Waals surface area contributed by atoms with Crippen molar-refractivity contribution in [2.24, 2.45) is 0 Å². The molecule has 0 bridgehead atoms. The smallest absolute Gasteiger partial charge is 0.308 e. The van der Waals surface area contributed by atoms with E-state index >= 15 is 0 Å². The van der Waals surface area contributed by atoms with Crippen LogP contribution in [0.2, 0.25) is 0 Å². The number of fused-ring (bicyclic) bond motifs is 1. The number of hydrogen-bond acceptors (Lipinski definition) is 2. The van der Waals surface area contributed by atoms with Crippen LogP contribution < -0.4 is 16.3 Å². The van der Waals surface area contributed by atoms with Crippen LogP contribution in [0.4, 0.5) is 20.6 Å². The molecule has 0 saturated carbocycles. The highest BCUT2D eigenvalue weighted by Gasteiger charge is 2.05. The Morgan fingerprint density at radius 2 is 1.67 bits per heavy atom. The first-order valence-electron chi connectivity index (χ1n) is 6.16. The predicted molar refractivity (Wildman–Crippen MR) is 78.0 cm³/mol. The van der Waals surface area contributed by atoms with E-state index in [2.05, 4.69) is 20.6 Å². The van der Waals surface area contributed by atoms with Crippen LogP contribution in [0, 0.1) is 5.82 Å². The highest BCUT2D eigenvalue weighted by atomic mass is 19.1. The molecule has 0 spiro atoms. The second-order valence-corrected chi connectivity index (χ2v) is 4.43. The third kappa shape index (κ3) is 2.92. The zero-order valence-corrected chi connectivity index (χ0v) is 10.7. The molecule has 0 fully saturated rings. The molecule has 2 amide bonds.